The van der Waals surface area contributed by atoms with E-state index < -0.39 is 12.1 Å². The van der Waals surface area contributed by atoms with E-state index in [4.69, 9.17) is 4.74 Å². The second kappa shape index (κ2) is 6.65. The first-order valence-corrected chi connectivity index (χ1v) is 7.77. The highest BCUT2D eigenvalue weighted by atomic mass is 16.5. The van der Waals surface area contributed by atoms with E-state index >= 15 is 0 Å². The van der Waals surface area contributed by atoms with Gasteiger partial charge in [0.15, 0.2) is 6.10 Å². The van der Waals surface area contributed by atoms with Crippen LogP contribution >= 0.6 is 0 Å². The van der Waals surface area contributed by atoms with Crippen molar-refractivity contribution >= 4 is 11.9 Å². The summed E-state index contributed by atoms with van der Waals surface area (Å²) in [6.45, 7) is 2.86. The maximum absolute atomic E-state index is 12.5. The molecule has 3 rings (SSSR count). The highest BCUT2D eigenvalue weighted by Crippen LogP contribution is 2.19. The molecule has 1 amide bonds. The van der Waals surface area contributed by atoms with Gasteiger partial charge in [-0.1, -0.05) is 42.5 Å². The molecule has 0 saturated carbocycles. The molecule has 1 aliphatic rings. The lowest BCUT2D eigenvalue weighted by Crippen LogP contribution is -2.42. The van der Waals surface area contributed by atoms with Crippen molar-refractivity contribution in [3.8, 4) is 0 Å². The van der Waals surface area contributed by atoms with Crippen molar-refractivity contribution in [2.24, 2.45) is 0 Å². The predicted molar refractivity (Wildman–Crippen MR) is 86.9 cm³/mol. The highest BCUT2D eigenvalue weighted by molar-refractivity contribution is 5.92. The van der Waals surface area contributed by atoms with E-state index in [9.17, 15) is 9.59 Å². The van der Waals surface area contributed by atoms with Gasteiger partial charge in [-0.05, 0) is 36.6 Å². The van der Waals surface area contributed by atoms with Crippen molar-refractivity contribution in [2.75, 3.05) is 6.54 Å². The molecule has 0 saturated heterocycles. The van der Waals surface area contributed by atoms with Crippen molar-refractivity contribution in [1.29, 1.82) is 0 Å². The lowest BCUT2D eigenvalue weighted by atomic mass is 9.99. The summed E-state index contributed by atoms with van der Waals surface area (Å²) in [6, 6.07) is 16.8. The molecule has 2 aromatic rings. The van der Waals surface area contributed by atoms with Crippen LogP contribution in [0.25, 0.3) is 0 Å². The fraction of sp³-hybridized carbons (Fsp3) is 0.263. The van der Waals surface area contributed by atoms with Gasteiger partial charge in [0.2, 0.25) is 0 Å². The Bertz CT molecular complexity index is 712. The van der Waals surface area contributed by atoms with Crippen LogP contribution in [-0.4, -0.2) is 29.4 Å². The summed E-state index contributed by atoms with van der Waals surface area (Å²) in [5.74, 6) is -0.618. The van der Waals surface area contributed by atoms with E-state index in [0.717, 1.165) is 12.0 Å². The van der Waals surface area contributed by atoms with E-state index in [1.807, 2.05) is 24.3 Å². The molecule has 0 fully saturated rings. The largest absolute Gasteiger partial charge is 0.449 e. The Balaban J connectivity index is 1.63. The molecule has 0 spiro atoms. The van der Waals surface area contributed by atoms with Crippen LogP contribution in [0.4, 0.5) is 0 Å². The standard InChI is InChI=1S/C19H19NO3/c1-14(23-19(22)16-8-3-2-4-9-16)18(21)20-12-11-15-7-5-6-10-17(15)13-20/h2-10,14H,11-13H2,1H3/t14-/m0/s1. The Labute approximate surface area is 135 Å². The van der Waals surface area contributed by atoms with E-state index in [2.05, 4.69) is 6.07 Å². The monoisotopic (exact) mass is 309 g/mol. The van der Waals surface area contributed by atoms with Gasteiger partial charge in [0, 0.05) is 13.1 Å². The van der Waals surface area contributed by atoms with Crippen LogP contribution in [0.1, 0.15) is 28.4 Å². The molecule has 0 N–H and O–H groups in total. The van der Waals surface area contributed by atoms with Crippen LogP contribution in [0.5, 0.6) is 0 Å². The van der Waals surface area contributed by atoms with Crippen molar-refractivity contribution in [1.82, 2.24) is 4.90 Å². The molecule has 0 radical (unpaired) electrons. The van der Waals surface area contributed by atoms with Gasteiger partial charge in [-0.3, -0.25) is 4.79 Å². The summed E-state index contributed by atoms with van der Waals surface area (Å²) in [4.78, 5) is 26.3. The summed E-state index contributed by atoms with van der Waals surface area (Å²) in [5.41, 5.74) is 2.90. The second-order valence-corrected chi connectivity index (χ2v) is 5.69. The molecule has 1 atom stereocenters. The SMILES string of the molecule is C[C@H](OC(=O)c1ccccc1)C(=O)N1CCc2ccccc2C1. The molecule has 1 heterocycles. The number of hydrogen-bond acceptors (Lipinski definition) is 3. The number of ether oxygens (including phenoxy) is 1. The first-order chi connectivity index (χ1) is 11.1. The number of nitrogens with zero attached hydrogens (tertiary/aromatic N) is 1. The molecule has 118 valence electrons. The van der Waals surface area contributed by atoms with Gasteiger partial charge in [-0.15, -0.1) is 0 Å². The first-order valence-electron chi connectivity index (χ1n) is 7.77. The van der Waals surface area contributed by atoms with Gasteiger partial charge in [0.05, 0.1) is 5.56 Å². The Morgan fingerprint density at radius 1 is 1.00 bits per heavy atom. The molecular formula is C19H19NO3. The van der Waals surface area contributed by atoms with Crippen LogP contribution in [-0.2, 0) is 22.5 Å². The number of amides is 1. The van der Waals surface area contributed by atoms with Crippen molar-refractivity contribution < 1.29 is 14.3 Å². The van der Waals surface area contributed by atoms with Crippen LogP contribution < -0.4 is 0 Å². The van der Waals surface area contributed by atoms with E-state index in [0.29, 0.717) is 18.7 Å². The normalized spacial score (nSPS) is 14.7. The zero-order chi connectivity index (χ0) is 16.2. The van der Waals surface area contributed by atoms with Gasteiger partial charge >= 0.3 is 5.97 Å². The fourth-order valence-corrected chi connectivity index (χ4v) is 2.79. The quantitative estimate of drug-likeness (QED) is 0.819. The average molecular weight is 309 g/mol. The number of rotatable bonds is 3. The summed E-state index contributed by atoms with van der Waals surface area (Å²) in [5, 5.41) is 0. The lowest BCUT2D eigenvalue weighted by Gasteiger charge is -2.30. The van der Waals surface area contributed by atoms with Crippen LogP contribution in [0.15, 0.2) is 54.6 Å². The van der Waals surface area contributed by atoms with Gasteiger partial charge in [-0.25, -0.2) is 4.79 Å². The van der Waals surface area contributed by atoms with Gasteiger partial charge in [0.25, 0.3) is 5.91 Å². The topological polar surface area (TPSA) is 46.6 Å². The zero-order valence-electron chi connectivity index (χ0n) is 13.1. The second-order valence-electron chi connectivity index (χ2n) is 5.69. The molecule has 0 aliphatic carbocycles. The third-order valence-corrected chi connectivity index (χ3v) is 4.08. The molecule has 0 unspecified atom stereocenters. The molecule has 1 aliphatic heterocycles. The molecule has 23 heavy (non-hydrogen) atoms. The van der Waals surface area contributed by atoms with Crippen LogP contribution in [0.3, 0.4) is 0 Å². The van der Waals surface area contributed by atoms with E-state index in [1.165, 1.54) is 5.56 Å². The minimum Gasteiger partial charge on any atom is -0.449 e. The Morgan fingerprint density at radius 3 is 2.39 bits per heavy atom. The minimum atomic E-state index is -0.784. The maximum atomic E-state index is 12.5. The van der Waals surface area contributed by atoms with E-state index in [1.54, 1.807) is 36.1 Å². The van der Waals surface area contributed by atoms with Crippen molar-refractivity contribution in [2.45, 2.75) is 26.0 Å². The smallest absolute Gasteiger partial charge is 0.338 e. The van der Waals surface area contributed by atoms with Gasteiger partial charge in [-0.2, -0.15) is 0 Å². The number of carbonyl (C=O) groups is 2. The van der Waals surface area contributed by atoms with Gasteiger partial charge < -0.3 is 9.64 Å². The summed E-state index contributed by atoms with van der Waals surface area (Å²) in [6.07, 6.45) is 0.0503. The lowest BCUT2D eigenvalue weighted by molar-refractivity contribution is -0.140. The first kappa shape index (κ1) is 15.3. The molecular weight excluding hydrogens is 290 g/mol. The average Bonchev–Trinajstić information content (AvgIpc) is 2.61. The van der Waals surface area contributed by atoms with Gasteiger partial charge in [0.1, 0.15) is 0 Å². The van der Waals surface area contributed by atoms with Crippen LogP contribution in [0, 0.1) is 0 Å². The molecule has 2 aromatic carbocycles. The summed E-state index contributed by atoms with van der Waals surface area (Å²) in [7, 11) is 0. The highest BCUT2D eigenvalue weighted by Gasteiger charge is 2.27. The summed E-state index contributed by atoms with van der Waals surface area (Å²) < 4.78 is 5.31. The Kier molecular flexibility index (Phi) is 4.42. The number of carbonyl (C=O) groups excluding carboxylic acids is 2. The summed E-state index contributed by atoms with van der Waals surface area (Å²) >= 11 is 0. The molecule has 4 nitrogen and oxygen atoms in total. The zero-order valence-corrected chi connectivity index (χ0v) is 13.1. The minimum absolute atomic E-state index is 0.149. The molecule has 4 heteroatoms. The number of esters is 1. The van der Waals surface area contributed by atoms with Crippen molar-refractivity contribution in [3.05, 3.63) is 71.3 Å². The number of hydrogen-bond donors (Lipinski definition) is 0. The fourth-order valence-electron chi connectivity index (χ4n) is 2.79. The third-order valence-electron chi connectivity index (χ3n) is 4.08. The maximum Gasteiger partial charge on any atom is 0.338 e. The molecule has 0 aromatic heterocycles. The number of fused-ring (bicyclic) bond motifs is 1. The third kappa shape index (κ3) is 3.42. The number of benzene rings is 2. The predicted octanol–water partition coefficient (Wildman–Crippen LogP) is 2.82. The Hall–Kier alpha value is -2.62. The Morgan fingerprint density at radius 2 is 1.65 bits per heavy atom. The molecule has 0 bridgehead atoms. The van der Waals surface area contributed by atoms with Crippen molar-refractivity contribution in [3.63, 3.8) is 0 Å². The van der Waals surface area contributed by atoms with Crippen LogP contribution in [0.2, 0.25) is 0 Å². The van der Waals surface area contributed by atoms with E-state index in [-0.39, 0.29) is 5.91 Å².